The zero-order chi connectivity index (χ0) is 20.1. The fraction of sp³-hybridized carbons (Fsp3) is 0.458. The predicted molar refractivity (Wildman–Crippen MR) is 116 cm³/mol. The fourth-order valence-electron chi connectivity index (χ4n) is 4.64. The topological polar surface area (TPSA) is 47.0 Å². The number of benzene rings is 2. The van der Waals surface area contributed by atoms with E-state index in [-0.39, 0.29) is 12.5 Å². The molecule has 2 heterocycles. The van der Waals surface area contributed by atoms with E-state index in [4.69, 9.17) is 5.11 Å². The molecular weight excluding hydrogens is 362 g/mol. The molecule has 0 aliphatic carbocycles. The summed E-state index contributed by atoms with van der Waals surface area (Å²) in [5.74, 6) is 0.536. The van der Waals surface area contributed by atoms with Gasteiger partial charge in [-0.25, -0.2) is 0 Å². The Morgan fingerprint density at radius 2 is 1.59 bits per heavy atom. The molecule has 2 aromatic rings. The Morgan fingerprint density at radius 3 is 2.34 bits per heavy atom. The summed E-state index contributed by atoms with van der Waals surface area (Å²) in [7, 11) is 0. The Kier molecular flexibility index (Phi) is 6.60. The summed E-state index contributed by atoms with van der Waals surface area (Å²) in [6.07, 6.45) is 2.06. The first-order valence-electron chi connectivity index (χ1n) is 10.8. The Balaban J connectivity index is 1.49. The van der Waals surface area contributed by atoms with Crippen molar-refractivity contribution in [3.05, 3.63) is 65.7 Å². The van der Waals surface area contributed by atoms with Crippen molar-refractivity contribution in [1.82, 2.24) is 9.80 Å². The molecule has 1 N–H and O–H groups in total. The average Bonchev–Trinajstić information content (AvgIpc) is 2.96. The van der Waals surface area contributed by atoms with E-state index in [0.717, 1.165) is 57.8 Å². The molecule has 0 bridgehead atoms. The van der Waals surface area contributed by atoms with E-state index >= 15 is 0 Å². The third kappa shape index (κ3) is 4.69. The van der Waals surface area contributed by atoms with E-state index in [2.05, 4.69) is 58.3 Å². The lowest BCUT2D eigenvalue weighted by molar-refractivity contribution is -0.120. The first-order valence-corrected chi connectivity index (χ1v) is 10.8. The maximum absolute atomic E-state index is 13.3. The molecule has 2 aromatic carbocycles. The molecule has 0 radical (unpaired) electrons. The van der Waals surface area contributed by atoms with Gasteiger partial charge in [0.15, 0.2) is 0 Å². The van der Waals surface area contributed by atoms with Crippen LogP contribution in [0.3, 0.4) is 0 Å². The number of hydrogen-bond acceptors (Lipinski definition) is 4. The first-order chi connectivity index (χ1) is 14.3. The summed E-state index contributed by atoms with van der Waals surface area (Å²) in [5.41, 5.74) is 3.66. The van der Waals surface area contributed by atoms with E-state index in [1.54, 1.807) is 0 Å². The number of amides is 1. The third-order valence-electron chi connectivity index (χ3n) is 6.22. The summed E-state index contributed by atoms with van der Waals surface area (Å²) < 4.78 is 0. The molecule has 0 spiro atoms. The molecule has 1 amide bonds. The molecule has 29 heavy (non-hydrogen) atoms. The monoisotopic (exact) mass is 393 g/mol. The number of rotatable bonds is 5. The molecule has 1 atom stereocenters. The zero-order valence-electron chi connectivity index (χ0n) is 17.0. The standard InChI is InChI=1S/C24H31N3O2/c28-18-17-25-13-15-26(16-14-25)19-24(29)27-12-6-10-21(20-7-2-1-3-8-20)22-9-4-5-11-23(22)27/h1-5,7-9,11,21,28H,6,10,12-19H2. The van der Waals surface area contributed by atoms with Crippen LogP contribution in [-0.4, -0.2) is 73.2 Å². The molecule has 5 heteroatoms. The smallest absolute Gasteiger partial charge is 0.241 e. The maximum Gasteiger partial charge on any atom is 0.241 e. The van der Waals surface area contributed by atoms with Crippen LogP contribution in [0.25, 0.3) is 0 Å². The molecule has 0 saturated carbocycles. The third-order valence-corrected chi connectivity index (χ3v) is 6.22. The highest BCUT2D eigenvalue weighted by molar-refractivity contribution is 5.96. The van der Waals surface area contributed by atoms with Gasteiger partial charge in [0.25, 0.3) is 0 Å². The minimum atomic E-state index is 0.196. The highest BCUT2D eigenvalue weighted by Gasteiger charge is 2.28. The maximum atomic E-state index is 13.3. The van der Waals surface area contributed by atoms with E-state index < -0.39 is 0 Å². The van der Waals surface area contributed by atoms with Gasteiger partial charge in [-0.3, -0.25) is 14.6 Å². The van der Waals surface area contributed by atoms with Crippen LogP contribution in [0.1, 0.15) is 29.9 Å². The number of carbonyl (C=O) groups is 1. The molecule has 1 fully saturated rings. The van der Waals surface area contributed by atoms with Crippen LogP contribution in [0.15, 0.2) is 54.6 Å². The van der Waals surface area contributed by atoms with Gasteiger partial charge >= 0.3 is 0 Å². The fourth-order valence-corrected chi connectivity index (χ4v) is 4.64. The van der Waals surface area contributed by atoms with Crippen molar-refractivity contribution in [2.45, 2.75) is 18.8 Å². The summed E-state index contributed by atoms with van der Waals surface area (Å²) in [6.45, 7) is 5.78. The van der Waals surface area contributed by atoms with Gasteiger partial charge in [0.1, 0.15) is 0 Å². The SMILES string of the molecule is O=C(CN1CCN(CCO)CC1)N1CCCC(c2ccccc2)c2ccccc21. The van der Waals surface area contributed by atoms with Crippen molar-refractivity contribution < 1.29 is 9.90 Å². The van der Waals surface area contributed by atoms with Crippen molar-refractivity contribution in [3.8, 4) is 0 Å². The molecule has 2 aliphatic heterocycles. The van der Waals surface area contributed by atoms with Gasteiger partial charge in [0.2, 0.25) is 5.91 Å². The minimum absolute atomic E-state index is 0.196. The molecule has 2 aliphatic rings. The van der Waals surface area contributed by atoms with Gasteiger partial charge in [0.05, 0.1) is 13.2 Å². The highest BCUT2D eigenvalue weighted by atomic mass is 16.3. The number of nitrogens with zero attached hydrogens (tertiary/aromatic N) is 3. The Hall–Kier alpha value is -2.21. The zero-order valence-corrected chi connectivity index (χ0v) is 17.0. The van der Waals surface area contributed by atoms with Gasteiger partial charge in [-0.05, 0) is 30.0 Å². The number of carbonyl (C=O) groups excluding carboxylic acids is 1. The first kappa shape index (κ1) is 20.1. The Bertz CT molecular complexity index is 803. The number of para-hydroxylation sites is 1. The summed E-state index contributed by atoms with van der Waals surface area (Å²) in [6, 6.07) is 19.1. The van der Waals surface area contributed by atoms with E-state index in [1.165, 1.54) is 11.1 Å². The number of aliphatic hydroxyl groups is 1. The van der Waals surface area contributed by atoms with Crippen LogP contribution in [0.4, 0.5) is 5.69 Å². The van der Waals surface area contributed by atoms with Gasteiger partial charge in [-0.2, -0.15) is 0 Å². The molecule has 154 valence electrons. The van der Waals surface area contributed by atoms with Gasteiger partial charge in [-0.1, -0.05) is 48.5 Å². The summed E-state index contributed by atoms with van der Waals surface area (Å²) in [4.78, 5) is 19.8. The number of anilines is 1. The quantitative estimate of drug-likeness (QED) is 0.848. The van der Waals surface area contributed by atoms with Crippen LogP contribution < -0.4 is 4.90 Å². The van der Waals surface area contributed by atoms with Gasteiger partial charge in [-0.15, -0.1) is 0 Å². The van der Waals surface area contributed by atoms with Gasteiger partial charge in [0, 0.05) is 50.9 Å². The number of piperazine rings is 1. The number of fused-ring (bicyclic) bond motifs is 1. The largest absolute Gasteiger partial charge is 0.395 e. The molecular formula is C24H31N3O2. The van der Waals surface area contributed by atoms with Crippen molar-refractivity contribution in [2.24, 2.45) is 0 Å². The highest BCUT2D eigenvalue weighted by Crippen LogP contribution is 2.38. The second-order valence-electron chi connectivity index (χ2n) is 8.05. The molecule has 1 saturated heterocycles. The Labute approximate surface area is 173 Å². The van der Waals surface area contributed by atoms with Crippen LogP contribution in [0, 0.1) is 0 Å². The summed E-state index contributed by atoms with van der Waals surface area (Å²) in [5, 5.41) is 9.11. The predicted octanol–water partition coefficient (Wildman–Crippen LogP) is 2.56. The van der Waals surface area contributed by atoms with Crippen molar-refractivity contribution in [3.63, 3.8) is 0 Å². The van der Waals surface area contributed by atoms with Crippen LogP contribution in [-0.2, 0) is 4.79 Å². The molecule has 4 rings (SSSR count). The number of aliphatic hydroxyl groups excluding tert-OH is 1. The second kappa shape index (κ2) is 9.53. The normalized spacial score (nSPS) is 20.9. The minimum Gasteiger partial charge on any atom is -0.395 e. The lowest BCUT2D eigenvalue weighted by Gasteiger charge is -2.35. The van der Waals surface area contributed by atoms with Gasteiger partial charge < -0.3 is 10.0 Å². The lowest BCUT2D eigenvalue weighted by Crippen LogP contribution is -2.50. The van der Waals surface area contributed by atoms with Crippen molar-refractivity contribution >= 4 is 11.6 Å². The second-order valence-corrected chi connectivity index (χ2v) is 8.05. The average molecular weight is 394 g/mol. The lowest BCUT2D eigenvalue weighted by atomic mass is 9.87. The molecule has 5 nitrogen and oxygen atoms in total. The van der Waals surface area contributed by atoms with Crippen LogP contribution in [0.2, 0.25) is 0 Å². The van der Waals surface area contributed by atoms with Crippen LogP contribution in [0.5, 0.6) is 0 Å². The molecule has 0 aromatic heterocycles. The van der Waals surface area contributed by atoms with E-state index in [9.17, 15) is 4.79 Å². The number of β-amino-alcohol motifs (C(OH)–C–C–N with tert-alkyl or cyclic N) is 1. The summed E-state index contributed by atoms with van der Waals surface area (Å²) >= 11 is 0. The van der Waals surface area contributed by atoms with Crippen LogP contribution >= 0.6 is 0 Å². The van der Waals surface area contributed by atoms with Crippen molar-refractivity contribution in [2.75, 3.05) is 57.3 Å². The van der Waals surface area contributed by atoms with E-state index in [1.807, 2.05) is 11.0 Å². The Morgan fingerprint density at radius 1 is 0.897 bits per heavy atom. The number of hydrogen-bond donors (Lipinski definition) is 1. The van der Waals surface area contributed by atoms with E-state index in [0.29, 0.717) is 12.5 Å². The van der Waals surface area contributed by atoms with Crippen molar-refractivity contribution in [1.29, 1.82) is 0 Å². The molecule has 1 unspecified atom stereocenters.